The highest BCUT2D eigenvalue weighted by molar-refractivity contribution is 7.89. The highest BCUT2D eigenvalue weighted by Crippen LogP contribution is 2.39. The maximum atomic E-state index is 13.5. The summed E-state index contributed by atoms with van der Waals surface area (Å²) >= 11 is 5.99. The van der Waals surface area contributed by atoms with Crippen LogP contribution in [-0.4, -0.2) is 36.3 Å². The molecule has 1 aromatic heterocycles. The molecule has 3 aromatic rings. The number of carbonyl (C=O) groups is 1. The molecule has 1 N–H and O–H groups in total. The summed E-state index contributed by atoms with van der Waals surface area (Å²) in [7, 11) is -3.73. The van der Waals surface area contributed by atoms with E-state index < -0.39 is 10.0 Å². The van der Waals surface area contributed by atoms with Crippen molar-refractivity contribution in [1.29, 1.82) is 0 Å². The van der Waals surface area contributed by atoms with Gasteiger partial charge in [-0.25, -0.2) is 8.42 Å². The van der Waals surface area contributed by atoms with Crippen molar-refractivity contribution in [3.05, 3.63) is 92.9 Å². The maximum absolute atomic E-state index is 13.5. The number of anilines is 1. The molecular formula is C27H26ClN3O4S. The van der Waals surface area contributed by atoms with Gasteiger partial charge in [0, 0.05) is 54.9 Å². The van der Waals surface area contributed by atoms with Crippen molar-refractivity contribution in [2.24, 2.45) is 5.92 Å². The molecule has 0 aliphatic carbocycles. The Bertz CT molecular complexity index is 1500. The van der Waals surface area contributed by atoms with E-state index in [1.807, 2.05) is 47.1 Å². The van der Waals surface area contributed by atoms with Crippen LogP contribution in [0.2, 0.25) is 5.02 Å². The van der Waals surface area contributed by atoms with Crippen molar-refractivity contribution in [3.8, 4) is 0 Å². The molecule has 36 heavy (non-hydrogen) atoms. The van der Waals surface area contributed by atoms with E-state index in [1.54, 1.807) is 18.2 Å². The van der Waals surface area contributed by atoms with Crippen LogP contribution >= 0.6 is 11.6 Å². The van der Waals surface area contributed by atoms with Crippen LogP contribution in [0.5, 0.6) is 0 Å². The minimum Gasteiger partial charge on any atom is -0.326 e. The molecule has 2 aliphatic heterocycles. The maximum Gasteiger partial charge on any atom is 0.250 e. The Hall–Kier alpha value is -3.20. The third-order valence-corrected chi connectivity index (χ3v) is 8.82. The number of pyridine rings is 1. The molecule has 7 nitrogen and oxygen atoms in total. The normalized spacial score (nSPS) is 19.7. The zero-order valence-electron chi connectivity index (χ0n) is 19.7. The molecule has 9 heteroatoms. The third kappa shape index (κ3) is 4.89. The first-order valence-corrected chi connectivity index (χ1v) is 13.6. The van der Waals surface area contributed by atoms with Gasteiger partial charge in [0.15, 0.2) is 0 Å². The zero-order chi connectivity index (χ0) is 25.4. The SMILES string of the molecule is CC(=O)Nc1ccc(S(=O)(=O)N2CC3CC(C2)c2c(C=Cc4ccc(Cl)cc4)ccc(=O)n2C3)cc1. The first-order chi connectivity index (χ1) is 17.2. The number of fused-ring (bicyclic) bond motifs is 4. The second kappa shape index (κ2) is 9.69. The molecule has 3 heterocycles. The number of carbonyl (C=O) groups excluding carboxylic acids is 1. The quantitative estimate of drug-likeness (QED) is 0.535. The first kappa shape index (κ1) is 24.5. The molecule has 2 unspecified atom stereocenters. The molecule has 2 atom stereocenters. The van der Waals surface area contributed by atoms with Gasteiger partial charge in [0.2, 0.25) is 15.9 Å². The summed E-state index contributed by atoms with van der Waals surface area (Å²) in [6, 6.07) is 17.1. The van der Waals surface area contributed by atoms with Gasteiger partial charge in [0.25, 0.3) is 5.56 Å². The highest BCUT2D eigenvalue weighted by Gasteiger charge is 2.40. The van der Waals surface area contributed by atoms with Crippen LogP contribution in [0.3, 0.4) is 0 Å². The first-order valence-electron chi connectivity index (χ1n) is 11.8. The van der Waals surface area contributed by atoms with Crippen LogP contribution in [-0.2, 0) is 21.4 Å². The van der Waals surface area contributed by atoms with Crippen molar-refractivity contribution < 1.29 is 13.2 Å². The van der Waals surface area contributed by atoms with Gasteiger partial charge in [-0.3, -0.25) is 9.59 Å². The lowest BCUT2D eigenvalue weighted by atomic mass is 9.82. The fourth-order valence-corrected chi connectivity index (χ4v) is 6.85. The summed E-state index contributed by atoms with van der Waals surface area (Å²) in [6.07, 6.45) is 4.78. The molecule has 2 aliphatic rings. The van der Waals surface area contributed by atoms with Crippen molar-refractivity contribution >= 4 is 45.4 Å². The average Bonchev–Trinajstić information content (AvgIpc) is 2.85. The smallest absolute Gasteiger partial charge is 0.250 e. The topological polar surface area (TPSA) is 88.5 Å². The predicted octanol–water partition coefficient (Wildman–Crippen LogP) is 4.44. The number of nitrogens with one attached hydrogen (secondary N) is 1. The molecule has 2 aromatic carbocycles. The molecular weight excluding hydrogens is 498 g/mol. The highest BCUT2D eigenvalue weighted by atomic mass is 35.5. The predicted molar refractivity (Wildman–Crippen MR) is 141 cm³/mol. The number of rotatable bonds is 5. The number of amides is 1. The second-order valence-corrected chi connectivity index (χ2v) is 11.7. The number of nitrogens with zero attached hydrogens (tertiary/aromatic N) is 2. The van der Waals surface area contributed by atoms with Crippen LogP contribution in [0.15, 0.2) is 70.4 Å². The molecule has 1 saturated heterocycles. The number of piperidine rings is 1. The minimum absolute atomic E-state index is 0.0536. The van der Waals surface area contributed by atoms with Crippen molar-refractivity contribution in [1.82, 2.24) is 8.87 Å². The van der Waals surface area contributed by atoms with E-state index in [0.717, 1.165) is 23.2 Å². The fourth-order valence-electron chi connectivity index (χ4n) is 5.16. The molecule has 0 saturated carbocycles. The number of halogens is 1. The lowest BCUT2D eigenvalue weighted by molar-refractivity contribution is -0.114. The number of aromatic nitrogens is 1. The number of sulfonamides is 1. The summed E-state index contributed by atoms with van der Waals surface area (Å²) in [5, 5.41) is 3.31. The van der Waals surface area contributed by atoms with Gasteiger partial charge in [-0.1, -0.05) is 35.9 Å². The molecule has 5 rings (SSSR count). The van der Waals surface area contributed by atoms with Crippen LogP contribution in [0.25, 0.3) is 12.2 Å². The van der Waals surface area contributed by atoms with E-state index >= 15 is 0 Å². The summed E-state index contributed by atoms with van der Waals surface area (Å²) in [5.74, 6) is -0.258. The second-order valence-electron chi connectivity index (χ2n) is 9.33. The minimum atomic E-state index is -3.73. The van der Waals surface area contributed by atoms with Gasteiger partial charge in [-0.2, -0.15) is 4.31 Å². The monoisotopic (exact) mass is 523 g/mol. The Morgan fingerprint density at radius 1 is 0.972 bits per heavy atom. The Labute approximate surface area is 215 Å². The average molecular weight is 524 g/mol. The Morgan fingerprint density at radius 2 is 1.69 bits per heavy atom. The van der Waals surface area contributed by atoms with E-state index in [0.29, 0.717) is 30.3 Å². The fraction of sp³-hybridized carbons (Fsp3) is 0.259. The molecule has 186 valence electrons. The number of hydrogen-bond donors (Lipinski definition) is 1. The Morgan fingerprint density at radius 3 is 2.39 bits per heavy atom. The van der Waals surface area contributed by atoms with Crippen LogP contribution in [0.4, 0.5) is 5.69 Å². The van der Waals surface area contributed by atoms with Gasteiger partial charge >= 0.3 is 0 Å². The third-order valence-electron chi connectivity index (χ3n) is 6.73. The van der Waals surface area contributed by atoms with E-state index in [9.17, 15) is 18.0 Å². The summed E-state index contributed by atoms with van der Waals surface area (Å²) in [6.45, 7) is 2.56. The molecule has 1 amide bonds. The standard InChI is InChI=1S/C27H26ClN3O4S/c1-18(32)29-24-9-11-25(12-10-24)36(34,35)30-15-20-14-22(17-30)27-21(6-13-26(33)31(27)16-20)5-2-19-3-7-23(28)8-4-19/h2-13,20,22H,14-17H2,1H3,(H,29,32). The molecule has 0 radical (unpaired) electrons. The van der Waals surface area contributed by atoms with Crippen LogP contribution < -0.4 is 10.9 Å². The van der Waals surface area contributed by atoms with E-state index in [-0.39, 0.29) is 28.2 Å². The largest absolute Gasteiger partial charge is 0.326 e. The van der Waals surface area contributed by atoms with Gasteiger partial charge < -0.3 is 9.88 Å². The summed E-state index contributed by atoms with van der Waals surface area (Å²) in [4.78, 5) is 24.2. The van der Waals surface area contributed by atoms with Crippen LogP contribution in [0, 0.1) is 5.92 Å². The molecule has 0 spiro atoms. The van der Waals surface area contributed by atoms with Gasteiger partial charge in [-0.05, 0) is 65.9 Å². The number of benzene rings is 2. The molecule has 1 fully saturated rings. The summed E-state index contributed by atoms with van der Waals surface area (Å²) < 4.78 is 30.3. The van der Waals surface area contributed by atoms with E-state index in [1.165, 1.54) is 23.4 Å². The molecule has 2 bridgehead atoms. The van der Waals surface area contributed by atoms with E-state index in [2.05, 4.69) is 5.32 Å². The van der Waals surface area contributed by atoms with Gasteiger partial charge in [0.05, 0.1) is 4.90 Å². The Balaban J connectivity index is 1.44. The van der Waals surface area contributed by atoms with Gasteiger partial charge in [-0.15, -0.1) is 0 Å². The van der Waals surface area contributed by atoms with Crippen molar-refractivity contribution in [2.75, 3.05) is 18.4 Å². The number of hydrogen-bond acceptors (Lipinski definition) is 4. The van der Waals surface area contributed by atoms with Gasteiger partial charge in [0.1, 0.15) is 0 Å². The van der Waals surface area contributed by atoms with Crippen LogP contribution in [0.1, 0.15) is 36.1 Å². The lowest BCUT2D eigenvalue weighted by Gasteiger charge is -2.42. The van der Waals surface area contributed by atoms with Crippen molar-refractivity contribution in [2.45, 2.75) is 30.7 Å². The summed E-state index contributed by atoms with van der Waals surface area (Å²) in [5.41, 5.74) is 3.25. The van der Waals surface area contributed by atoms with E-state index in [4.69, 9.17) is 11.6 Å². The Kier molecular flexibility index (Phi) is 6.59. The lowest BCUT2D eigenvalue weighted by Crippen LogP contribution is -2.49. The van der Waals surface area contributed by atoms with Crippen molar-refractivity contribution in [3.63, 3.8) is 0 Å². The zero-order valence-corrected chi connectivity index (χ0v) is 21.3.